The number of fused-ring (bicyclic) bond motifs is 2. The number of benzene rings is 8. The van der Waals surface area contributed by atoms with Crippen molar-refractivity contribution < 1.29 is 87.4 Å². The summed E-state index contributed by atoms with van der Waals surface area (Å²) in [4.78, 5) is 64.3. The maximum absolute atomic E-state index is 13.5. The van der Waals surface area contributed by atoms with E-state index >= 15 is 0 Å². The van der Waals surface area contributed by atoms with Crippen LogP contribution in [0.5, 0.6) is 11.5 Å². The summed E-state index contributed by atoms with van der Waals surface area (Å²) in [6, 6.07) is 28.4. The van der Waals surface area contributed by atoms with Crippen molar-refractivity contribution in [1.29, 1.82) is 0 Å². The minimum Gasteiger partial charge on any atom is -0.507 e. The van der Waals surface area contributed by atoms with E-state index in [1.165, 1.54) is 97.1 Å². The Bertz CT molecular complexity index is 4060. The van der Waals surface area contributed by atoms with Gasteiger partial charge < -0.3 is 69.4 Å². The number of hydrogen-bond acceptors (Lipinski definition) is 17. The maximum Gasteiger partial charge on any atom is 0.323 e. The van der Waals surface area contributed by atoms with Gasteiger partial charge in [-0.15, -0.1) is 0 Å². The minimum atomic E-state index is -4.92. The van der Waals surface area contributed by atoms with Gasteiger partial charge in [0.25, 0.3) is 43.9 Å². The number of phenols is 2. The van der Waals surface area contributed by atoms with Crippen LogP contribution in [0.25, 0.3) is 21.5 Å². The van der Waals surface area contributed by atoms with Crippen molar-refractivity contribution >= 4 is 127 Å². The summed E-state index contributed by atoms with van der Waals surface area (Å²) in [7, 11) is -18.6. The van der Waals surface area contributed by atoms with Gasteiger partial charge in [-0.25, -0.2) is 4.79 Å². The van der Waals surface area contributed by atoms with Gasteiger partial charge in [-0.3, -0.25) is 28.3 Å². The number of hydrogen-bond donors (Lipinski definition) is 16. The van der Waals surface area contributed by atoms with Crippen LogP contribution in [-0.4, -0.2) is 93.1 Å². The SMILES string of the molecule is O=C(Nc1cccc(C(=O)Nc2cccc(C(=O)Nc3cc(S(O)(O)O)cc4cc(S(=O)(=O)O)cc(O)c34)c2)c1)Nc1cccc(C(=O)Nc2cccc(C(=O)Nc3cc(S(=O)(=O)O)cc4cc(S(O)(O)O)cc(O)c34)c2)c1. The van der Waals surface area contributed by atoms with E-state index in [0.29, 0.717) is 6.07 Å². The first-order chi connectivity index (χ1) is 36.5. The molecule has 8 rings (SSSR count). The molecule has 0 radical (unpaired) electrons. The van der Waals surface area contributed by atoms with E-state index in [0.717, 1.165) is 42.5 Å². The zero-order chi connectivity index (χ0) is 56.6. The molecule has 29 heteroatoms. The highest BCUT2D eigenvalue weighted by atomic mass is 32.3. The van der Waals surface area contributed by atoms with Crippen molar-refractivity contribution in [2.45, 2.75) is 19.6 Å². The number of carbonyl (C=O) groups excluding carboxylic acids is 5. The van der Waals surface area contributed by atoms with Gasteiger partial charge in [0, 0.05) is 61.8 Å². The third-order valence-corrected chi connectivity index (χ3v) is 14.6. The Morgan fingerprint density at radius 2 is 0.615 bits per heavy atom. The molecule has 0 atom stereocenters. The Balaban J connectivity index is 0.900. The van der Waals surface area contributed by atoms with Crippen LogP contribution in [0.4, 0.5) is 38.9 Å². The molecule has 0 spiro atoms. The topological polar surface area (TPSA) is 428 Å². The largest absolute Gasteiger partial charge is 0.507 e. The van der Waals surface area contributed by atoms with Gasteiger partial charge in [0.05, 0.1) is 31.0 Å². The Kier molecular flexibility index (Phi) is 15.2. The molecule has 0 saturated heterocycles. The molecule has 0 aromatic heterocycles. The molecule has 404 valence electrons. The molecule has 0 bridgehead atoms. The second-order valence-corrected chi connectivity index (χ2v) is 22.6. The second-order valence-electron chi connectivity index (χ2n) is 16.7. The fraction of sp³-hybridized carbons (Fsp3) is 0. The first-order valence-electron chi connectivity index (χ1n) is 21.8. The van der Waals surface area contributed by atoms with Crippen LogP contribution in [0.2, 0.25) is 0 Å². The van der Waals surface area contributed by atoms with Crippen LogP contribution in [-0.2, 0) is 20.2 Å². The van der Waals surface area contributed by atoms with Gasteiger partial charge in [0.2, 0.25) is 0 Å². The van der Waals surface area contributed by atoms with Gasteiger partial charge in [-0.05, 0) is 126 Å². The number of anilines is 6. The molecule has 78 heavy (non-hydrogen) atoms. The average molecular weight is 1150 g/mol. The van der Waals surface area contributed by atoms with Crippen molar-refractivity contribution in [3.63, 3.8) is 0 Å². The maximum atomic E-state index is 13.5. The highest BCUT2D eigenvalue weighted by Gasteiger charge is 2.25. The Hall–Kier alpha value is -8.69. The first-order valence-corrected chi connectivity index (χ1v) is 27.7. The zero-order valence-corrected chi connectivity index (χ0v) is 42.4. The highest BCUT2D eigenvalue weighted by Crippen LogP contribution is 2.49. The zero-order valence-electron chi connectivity index (χ0n) is 39.1. The van der Waals surface area contributed by atoms with Crippen molar-refractivity contribution in [2.75, 3.05) is 31.9 Å². The number of aromatic hydroxyl groups is 2. The van der Waals surface area contributed by atoms with Crippen LogP contribution < -0.4 is 31.9 Å². The standard InChI is InChI=1S/C49H40N6O19S4/c56-41-23-37(77(69,70)71)19-29-17-35(75(63,64)65)21-39(43(29)41)54-47(60)27-7-1-9-31(13-27)50-45(58)25-5-3-11-33(15-25)52-49(62)53-34-12-4-6-26(16-34)46(59)51-32-10-2-8-28(14-32)48(61)55-40-22-36(76(66,67)68)18-30-20-38(78(72,73)74)24-42(57)44(30)40/h1-24,56-57,63-65,72-74H,(H,50,58)(H,51,59)(H,54,60)(H,55,61)(H2,52,53,62)(H,66,67,68)(H,69,70,71). The molecule has 0 unspecified atom stereocenters. The van der Waals surface area contributed by atoms with Gasteiger partial charge in [0.15, 0.2) is 0 Å². The van der Waals surface area contributed by atoms with E-state index in [4.69, 9.17) is 0 Å². The summed E-state index contributed by atoms with van der Waals surface area (Å²) in [6.07, 6.45) is 0. The van der Waals surface area contributed by atoms with Crippen LogP contribution in [0, 0.1) is 0 Å². The normalized spacial score (nSPS) is 12.3. The van der Waals surface area contributed by atoms with Gasteiger partial charge >= 0.3 is 6.03 Å². The number of urea groups is 1. The number of phenolic OH excluding ortho intramolecular Hbond substituents is 2. The highest BCUT2D eigenvalue weighted by molar-refractivity contribution is 8.19. The lowest BCUT2D eigenvalue weighted by Gasteiger charge is -2.22. The number of rotatable bonds is 14. The quantitative estimate of drug-likeness (QED) is 0.0450. The lowest BCUT2D eigenvalue weighted by atomic mass is 10.1. The monoisotopic (exact) mass is 1140 g/mol. The van der Waals surface area contributed by atoms with E-state index in [1.807, 2.05) is 0 Å². The van der Waals surface area contributed by atoms with Crippen molar-refractivity contribution in [1.82, 2.24) is 0 Å². The molecule has 0 aliphatic heterocycles. The molecule has 25 nitrogen and oxygen atoms in total. The second kappa shape index (κ2) is 21.4. The molecule has 0 fully saturated rings. The van der Waals surface area contributed by atoms with Crippen molar-refractivity contribution in [2.24, 2.45) is 0 Å². The lowest BCUT2D eigenvalue weighted by Crippen LogP contribution is -2.20. The van der Waals surface area contributed by atoms with E-state index in [1.54, 1.807) is 0 Å². The molecule has 0 aliphatic rings. The van der Waals surface area contributed by atoms with Crippen molar-refractivity contribution in [3.8, 4) is 11.5 Å². The Morgan fingerprint density at radius 3 is 0.962 bits per heavy atom. The molecule has 8 aromatic carbocycles. The summed E-state index contributed by atoms with van der Waals surface area (Å²) in [6.45, 7) is 0. The summed E-state index contributed by atoms with van der Waals surface area (Å²) in [5.74, 6) is -4.56. The van der Waals surface area contributed by atoms with Gasteiger partial charge in [-0.1, -0.05) is 24.3 Å². The van der Waals surface area contributed by atoms with Gasteiger partial charge in [0.1, 0.15) is 33.2 Å². The lowest BCUT2D eigenvalue weighted by molar-refractivity contribution is 0.101. The fourth-order valence-electron chi connectivity index (χ4n) is 7.73. The third-order valence-electron chi connectivity index (χ3n) is 11.2. The number of carbonyl (C=O) groups is 5. The number of amides is 6. The van der Waals surface area contributed by atoms with E-state index < -0.39 is 103 Å². The van der Waals surface area contributed by atoms with E-state index in [-0.39, 0.29) is 77.9 Å². The summed E-state index contributed by atoms with van der Waals surface area (Å²) in [5.41, 5.74) is -0.174. The van der Waals surface area contributed by atoms with Crippen LogP contribution >= 0.6 is 21.7 Å². The molecular weight excluding hydrogens is 1100 g/mol. The fourth-order valence-corrected chi connectivity index (χ4v) is 9.93. The first kappa shape index (κ1) is 55.5. The van der Waals surface area contributed by atoms with Crippen LogP contribution in [0.1, 0.15) is 41.4 Å². The third kappa shape index (κ3) is 12.9. The molecule has 16 N–H and O–H groups in total. The smallest absolute Gasteiger partial charge is 0.323 e. The summed E-state index contributed by atoms with van der Waals surface area (Å²) >= 11 is 0. The molecule has 0 aliphatic carbocycles. The predicted molar refractivity (Wildman–Crippen MR) is 289 cm³/mol. The predicted octanol–water partition coefficient (Wildman–Crippen LogP) is 9.72. The van der Waals surface area contributed by atoms with Crippen LogP contribution in [0.3, 0.4) is 0 Å². The average Bonchev–Trinajstić information content (AvgIpc) is 3.57. The summed E-state index contributed by atoms with van der Waals surface area (Å²) in [5, 5.41) is 35.9. The van der Waals surface area contributed by atoms with E-state index in [2.05, 4.69) is 31.9 Å². The Labute approximate surface area is 443 Å². The molecule has 0 heterocycles. The van der Waals surface area contributed by atoms with Crippen molar-refractivity contribution in [3.05, 3.63) is 168 Å². The van der Waals surface area contributed by atoms with Crippen LogP contribution in [0.15, 0.2) is 165 Å². The van der Waals surface area contributed by atoms with E-state index in [9.17, 15) is 87.4 Å². The number of nitrogens with one attached hydrogen (secondary N) is 6. The molecular formula is C49H40N6O19S4. The molecule has 0 saturated carbocycles. The summed E-state index contributed by atoms with van der Waals surface area (Å²) < 4.78 is 126. The minimum absolute atomic E-state index is 0.0478. The Morgan fingerprint density at radius 1 is 0.333 bits per heavy atom. The van der Waals surface area contributed by atoms with Gasteiger partial charge in [-0.2, -0.15) is 16.8 Å². The molecule has 6 amide bonds. The molecule has 8 aromatic rings.